The first-order chi connectivity index (χ1) is 11.6. The molecule has 0 unspecified atom stereocenters. The fourth-order valence-electron chi connectivity index (χ4n) is 2.65. The Kier molecular flexibility index (Phi) is 4.75. The van der Waals surface area contributed by atoms with Crippen LogP contribution < -0.4 is 15.0 Å². The average molecular weight is 346 g/mol. The van der Waals surface area contributed by atoms with Crippen molar-refractivity contribution < 1.29 is 14.3 Å². The van der Waals surface area contributed by atoms with Crippen LogP contribution in [0.2, 0.25) is 0 Å². The Labute approximate surface area is 143 Å². The van der Waals surface area contributed by atoms with E-state index in [0.29, 0.717) is 23.0 Å². The first kappa shape index (κ1) is 16.4. The molecule has 3 rings (SSSR count). The predicted molar refractivity (Wildman–Crippen MR) is 91.4 cm³/mol. The second-order valence-corrected chi connectivity index (χ2v) is 6.62. The van der Waals surface area contributed by atoms with Crippen LogP contribution in [0.1, 0.15) is 24.8 Å². The van der Waals surface area contributed by atoms with Gasteiger partial charge in [-0.15, -0.1) is 10.2 Å². The number of hydrogen-bond acceptors (Lipinski definition) is 6. The number of carbonyl (C=O) groups is 2. The van der Waals surface area contributed by atoms with Crippen molar-refractivity contribution in [2.24, 2.45) is 0 Å². The molecule has 0 saturated heterocycles. The van der Waals surface area contributed by atoms with Crippen molar-refractivity contribution in [3.05, 3.63) is 29.3 Å². The van der Waals surface area contributed by atoms with E-state index in [4.69, 9.17) is 4.74 Å². The molecular formula is C16H18N4O3S. The lowest BCUT2D eigenvalue weighted by molar-refractivity contribution is -0.125. The maximum atomic E-state index is 12.8. The standard InChI is InChI=1S/C16H18N4O3S/c1-3-6-12(15(22)17-16-19-18-10(2)24-16)20-11-7-4-5-8-13(11)23-9-14(20)21/h4-5,7-8,12H,3,6,9H2,1-2H3,(H,17,19,22)/t12-/m1/s1. The molecule has 1 aromatic heterocycles. The van der Waals surface area contributed by atoms with Crippen LogP contribution in [0.3, 0.4) is 0 Å². The Bertz CT molecular complexity index is 761. The number of aromatic nitrogens is 2. The van der Waals surface area contributed by atoms with Crippen molar-refractivity contribution in [3.8, 4) is 5.75 Å². The zero-order valence-corrected chi connectivity index (χ0v) is 14.3. The number of nitrogens with zero attached hydrogens (tertiary/aromatic N) is 3. The summed E-state index contributed by atoms with van der Waals surface area (Å²) in [6, 6.07) is 6.63. The van der Waals surface area contributed by atoms with E-state index in [1.165, 1.54) is 16.2 Å². The summed E-state index contributed by atoms with van der Waals surface area (Å²) in [6.45, 7) is 3.73. The lowest BCUT2D eigenvalue weighted by Gasteiger charge is -2.34. The highest BCUT2D eigenvalue weighted by Crippen LogP contribution is 2.34. The third-order valence-corrected chi connectivity index (χ3v) is 4.43. The molecule has 2 heterocycles. The van der Waals surface area contributed by atoms with Gasteiger partial charge in [-0.3, -0.25) is 19.8 Å². The highest BCUT2D eigenvalue weighted by atomic mass is 32.1. The highest BCUT2D eigenvalue weighted by molar-refractivity contribution is 7.15. The first-order valence-electron chi connectivity index (χ1n) is 7.75. The van der Waals surface area contributed by atoms with Crippen LogP contribution >= 0.6 is 11.3 Å². The zero-order valence-electron chi connectivity index (χ0n) is 13.5. The smallest absolute Gasteiger partial charge is 0.265 e. The number of para-hydroxylation sites is 2. The molecule has 2 aromatic rings. The van der Waals surface area contributed by atoms with Gasteiger partial charge < -0.3 is 4.74 Å². The third-order valence-electron chi connectivity index (χ3n) is 3.68. The van der Waals surface area contributed by atoms with Crippen LogP contribution in [0, 0.1) is 6.92 Å². The Morgan fingerprint density at radius 2 is 2.21 bits per heavy atom. The minimum Gasteiger partial charge on any atom is -0.482 e. The maximum Gasteiger partial charge on any atom is 0.265 e. The largest absolute Gasteiger partial charge is 0.482 e. The Morgan fingerprint density at radius 3 is 2.92 bits per heavy atom. The van der Waals surface area contributed by atoms with Crippen LogP contribution in [0.4, 0.5) is 10.8 Å². The second kappa shape index (κ2) is 6.96. The molecule has 126 valence electrons. The van der Waals surface area contributed by atoms with Gasteiger partial charge >= 0.3 is 0 Å². The number of anilines is 2. The summed E-state index contributed by atoms with van der Waals surface area (Å²) in [5, 5.41) is 11.8. The van der Waals surface area contributed by atoms with E-state index in [-0.39, 0.29) is 18.4 Å². The average Bonchev–Trinajstić information content (AvgIpc) is 2.98. The minimum atomic E-state index is -0.614. The van der Waals surface area contributed by atoms with E-state index in [2.05, 4.69) is 15.5 Å². The van der Waals surface area contributed by atoms with Crippen LogP contribution in [-0.2, 0) is 9.59 Å². The predicted octanol–water partition coefficient (Wildman–Crippen LogP) is 2.38. The van der Waals surface area contributed by atoms with E-state index in [0.717, 1.165) is 11.4 Å². The van der Waals surface area contributed by atoms with Gasteiger partial charge in [0.2, 0.25) is 11.0 Å². The lowest BCUT2D eigenvalue weighted by Crippen LogP contribution is -2.51. The summed E-state index contributed by atoms with van der Waals surface area (Å²) in [6.07, 6.45) is 1.31. The SMILES string of the molecule is CCC[C@H](C(=O)Nc1nnc(C)s1)N1C(=O)COc2ccccc21. The van der Waals surface area contributed by atoms with Crippen molar-refractivity contribution >= 4 is 34.0 Å². The fraction of sp³-hybridized carbons (Fsp3) is 0.375. The molecule has 1 atom stereocenters. The molecule has 1 aromatic carbocycles. The number of fused-ring (bicyclic) bond motifs is 1. The van der Waals surface area contributed by atoms with Gasteiger partial charge in [0, 0.05) is 0 Å². The molecule has 0 radical (unpaired) electrons. The van der Waals surface area contributed by atoms with Crippen molar-refractivity contribution in [1.29, 1.82) is 0 Å². The van der Waals surface area contributed by atoms with Crippen molar-refractivity contribution in [1.82, 2.24) is 10.2 Å². The lowest BCUT2D eigenvalue weighted by atomic mass is 10.1. The van der Waals surface area contributed by atoms with E-state index in [9.17, 15) is 9.59 Å². The number of rotatable bonds is 5. The van der Waals surface area contributed by atoms with Crippen LogP contribution in [0.25, 0.3) is 0 Å². The topological polar surface area (TPSA) is 84.4 Å². The summed E-state index contributed by atoms with van der Waals surface area (Å²) >= 11 is 1.30. The maximum absolute atomic E-state index is 12.8. The van der Waals surface area contributed by atoms with E-state index in [1.807, 2.05) is 26.0 Å². The monoisotopic (exact) mass is 346 g/mol. The van der Waals surface area contributed by atoms with Gasteiger partial charge in [-0.05, 0) is 25.5 Å². The number of carbonyl (C=O) groups excluding carboxylic acids is 2. The van der Waals surface area contributed by atoms with Crippen molar-refractivity contribution in [3.63, 3.8) is 0 Å². The summed E-state index contributed by atoms with van der Waals surface area (Å²) in [5.41, 5.74) is 0.621. The highest BCUT2D eigenvalue weighted by Gasteiger charge is 2.35. The molecule has 1 N–H and O–H groups in total. The Balaban J connectivity index is 1.89. The minimum absolute atomic E-state index is 0.0670. The normalized spacial score (nSPS) is 14.8. The first-order valence-corrected chi connectivity index (χ1v) is 8.56. The summed E-state index contributed by atoms with van der Waals surface area (Å²) in [4.78, 5) is 26.7. The van der Waals surface area contributed by atoms with Gasteiger partial charge in [0.25, 0.3) is 5.91 Å². The molecule has 1 aliphatic heterocycles. The fourth-order valence-corrected chi connectivity index (χ4v) is 3.24. The molecule has 8 heteroatoms. The molecule has 24 heavy (non-hydrogen) atoms. The van der Waals surface area contributed by atoms with Crippen molar-refractivity contribution in [2.75, 3.05) is 16.8 Å². The van der Waals surface area contributed by atoms with Crippen LogP contribution in [0.15, 0.2) is 24.3 Å². The third kappa shape index (κ3) is 3.23. The van der Waals surface area contributed by atoms with Gasteiger partial charge in [0.05, 0.1) is 5.69 Å². The van der Waals surface area contributed by atoms with Gasteiger partial charge in [0.15, 0.2) is 6.61 Å². The number of amides is 2. The molecule has 2 amide bonds. The number of hydrogen-bond donors (Lipinski definition) is 1. The summed E-state index contributed by atoms with van der Waals surface area (Å²) < 4.78 is 5.45. The van der Waals surface area contributed by atoms with E-state index in [1.54, 1.807) is 12.1 Å². The Hall–Kier alpha value is -2.48. The van der Waals surface area contributed by atoms with Gasteiger partial charge in [-0.1, -0.05) is 36.8 Å². The van der Waals surface area contributed by atoms with Gasteiger partial charge in [-0.25, -0.2) is 0 Å². The van der Waals surface area contributed by atoms with E-state index < -0.39 is 6.04 Å². The van der Waals surface area contributed by atoms with Crippen LogP contribution in [-0.4, -0.2) is 34.7 Å². The molecule has 0 fully saturated rings. The van der Waals surface area contributed by atoms with Crippen LogP contribution in [0.5, 0.6) is 5.75 Å². The van der Waals surface area contributed by atoms with Gasteiger partial charge in [0.1, 0.15) is 16.8 Å². The van der Waals surface area contributed by atoms with Gasteiger partial charge in [-0.2, -0.15) is 0 Å². The second-order valence-electron chi connectivity index (χ2n) is 5.44. The molecule has 0 spiro atoms. The van der Waals surface area contributed by atoms with Crippen molar-refractivity contribution in [2.45, 2.75) is 32.7 Å². The zero-order chi connectivity index (χ0) is 17.1. The quantitative estimate of drug-likeness (QED) is 0.898. The molecule has 0 saturated carbocycles. The van der Waals surface area contributed by atoms with E-state index >= 15 is 0 Å². The number of aryl methyl sites for hydroxylation is 1. The molecular weight excluding hydrogens is 328 g/mol. The summed E-state index contributed by atoms with van der Waals surface area (Å²) in [7, 11) is 0. The number of ether oxygens (including phenoxy) is 1. The number of benzene rings is 1. The Morgan fingerprint density at radius 1 is 1.42 bits per heavy atom. The molecule has 1 aliphatic rings. The molecule has 7 nitrogen and oxygen atoms in total. The molecule has 0 aliphatic carbocycles. The summed E-state index contributed by atoms with van der Waals surface area (Å²) in [5.74, 6) is 0.117. The number of nitrogens with one attached hydrogen (secondary N) is 1. The molecule has 0 bridgehead atoms.